The molecule has 0 saturated heterocycles. The summed E-state index contributed by atoms with van der Waals surface area (Å²) < 4.78 is 44.7. The van der Waals surface area contributed by atoms with E-state index in [1.807, 2.05) is 0 Å². The first kappa shape index (κ1) is 24.8. The maximum atomic E-state index is 14.0. The summed E-state index contributed by atoms with van der Waals surface area (Å²) in [4.78, 5) is 17.3. The number of carbonyl (C=O) groups excluding carboxylic acids is 1. The lowest BCUT2D eigenvalue weighted by molar-refractivity contribution is -0.114. The average molecular weight is 508 g/mol. The number of rotatable bonds is 9. The molecular weight excluding hydrogens is 482 g/mol. The average Bonchev–Trinajstić information content (AvgIpc) is 2.91. The fraction of sp³-hybridized carbons (Fsp3) is 0.154. The smallest absolute Gasteiger partial charge is 0.265 e. The number of ether oxygens (including phenoxy) is 3. The number of aromatic nitrogens is 1. The van der Waals surface area contributed by atoms with Gasteiger partial charge in [0.2, 0.25) is 5.91 Å². The van der Waals surface area contributed by atoms with Crippen molar-refractivity contribution >= 4 is 38.1 Å². The van der Waals surface area contributed by atoms with E-state index in [-0.39, 0.29) is 4.90 Å². The molecule has 1 aromatic heterocycles. The van der Waals surface area contributed by atoms with Gasteiger partial charge in [0.1, 0.15) is 23.8 Å². The van der Waals surface area contributed by atoms with E-state index in [1.165, 1.54) is 33.6 Å². The number of carbonyl (C=O) groups is 1. The number of pyridine rings is 1. The highest BCUT2D eigenvalue weighted by atomic mass is 32.2. The van der Waals surface area contributed by atoms with Crippen molar-refractivity contribution in [1.29, 1.82) is 0 Å². The Hall–Kier alpha value is -4.31. The summed E-state index contributed by atoms with van der Waals surface area (Å²) in [5.74, 6) is 0.903. The van der Waals surface area contributed by atoms with Crippen LogP contribution in [0.1, 0.15) is 0 Å². The molecule has 1 amide bonds. The molecule has 1 N–H and O–H groups in total. The number of sulfonamides is 1. The highest BCUT2D eigenvalue weighted by Crippen LogP contribution is 2.31. The van der Waals surface area contributed by atoms with Gasteiger partial charge in [-0.15, -0.1) is 0 Å². The molecule has 1 heterocycles. The molecule has 0 saturated carbocycles. The maximum absolute atomic E-state index is 14.0. The third-order valence-corrected chi connectivity index (χ3v) is 7.37. The van der Waals surface area contributed by atoms with E-state index in [0.717, 1.165) is 4.31 Å². The molecule has 36 heavy (non-hydrogen) atoms. The number of nitrogens with zero attached hydrogens (tertiary/aromatic N) is 2. The van der Waals surface area contributed by atoms with Crippen LogP contribution in [0, 0.1) is 0 Å². The lowest BCUT2D eigenvalue weighted by Gasteiger charge is -2.25. The maximum Gasteiger partial charge on any atom is 0.265 e. The van der Waals surface area contributed by atoms with Crippen LogP contribution in [0.2, 0.25) is 0 Å². The van der Waals surface area contributed by atoms with Gasteiger partial charge in [0, 0.05) is 29.2 Å². The lowest BCUT2D eigenvalue weighted by Crippen LogP contribution is -2.38. The molecule has 4 rings (SSSR count). The Kier molecular flexibility index (Phi) is 7.25. The van der Waals surface area contributed by atoms with Gasteiger partial charge < -0.3 is 19.5 Å². The van der Waals surface area contributed by atoms with Crippen LogP contribution in [0.4, 0.5) is 11.4 Å². The van der Waals surface area contributed by atoms with Gasteiger partial charge in [-0.3, -0.25) is 14.1 Å². The van der Waals surface area contributed by atoms with E-state index in [0.29, 0.717) is 39.4 Å². The van der Waals surface area contributed by atoms with Gasteiger partial charge >= 0.3 is 0 Å². The normalized spacial score (nSPS) is 11.1. The van der Waals surface area contributed by atoms with Crippen molar-refractivity contribution < 1.29 is 27.4 Å². The highest BCUT2D eigenvalue weighted by Gasteiger charge is 2.29. The number of hydrogen-bond donors (Lipinski definition) is 1. The Bertz CT molecular complexity index is 1480. The molecule has 10 heteroatoms. The summed E-state index contributed by atoms with van der Waals surface area (Å²) in [5, 5.41) is 3.90. The zero-order chi connectivity index (χ0) is 25.7. The van der Waals surface area contributed by atoms with Crippen LogP contribution in [0.25, 0.3) is 10.8 Å². The van der Waals surface area contributed by atoms with Gasteiger partial charge in [-0.25, -0.2) is 8.42 Å². The topological polar surface area (TPSA) is 107 Å². The monoisotopic (exact) mass is 507 g/mol. The summed E-state index contributed by atoms with van der Waals surface area (Å²) in [6.07, 6.45) is 3.12. The molecule has 0 bridgehead atoms. The van der Waals surface area contributed by atoms with Crippen molar-refractivity contribution in [3.05, 3.63) is 79.1 Å². The van der Waals surface area contributed by atoms with Gasteiger partial charge in [-0.05, 0) is 48.5 Å². The summed E-state index contributed by atoms with van der Waals surface area (Å²) >= 11 is 0. The third-order valence-electron chi connectivity index (χ3n) is 5.54. The van der Waals surface area contributed by atoms with Crippen LogP contribution >= 0.6 is 0 Å². The number of nitrogens with one attached hydrogen (secondary N) is 1. The number of anilines is 2. The third kappa shape index (κ3) is 5.03. The second-order valence-electron chi connectivity index (χ2n) is 7.68. The molecule has 0 aliphatic carbocycles. The molecule has 9 nitrogen and oxygen atoms in total. The predicted molar refractivity (Wildman–Crippen MR) is 137 cm³/mol. The van der Waals surface area contributed by atoms with Crippen molar-refractivity contribution in [3.8, 4) is 17.2 Å². The molecule has 0 unspecified atom stereocenters. The van der Waals surface area contributed by atoms with Crippen molar-refractivity contribution in [2.24, 2.45) is 0 Å². The molecule has 0 atom stereocenters. The number of hydrogen-bond acceptors (Lipinski definition) is 7. The van der Waals surface area contributed by atoms with E-state index in [9.17, 15) is 13.2 Å². The molecule has 4 aromatic rings. The molecule has 0 aliphatic rings. The van der Waals surface area contributed by atoms with Crippen LogP contribution in [0.3, 0.4) is 0 Å². The van der Waals surface area contributed by atoms with Crippen molar-refractivity contribution in [2.45, 2.75) is 4.90 Å². The largest absolute Gasteiger partial charge is 0.497 e. The number of benzene rings is 3. The number of amides is 1. The minimum atomic E-state index is -4.17. The Morgan fingerprint density at radius 2 is 1.64 bits per heavy atom. The summed E-state index contributed by atoms with van der Waals surface area (Å²) in [6, 6.07) is 17.9. The first-order chi connectivity index (χ1) is 17.4. The summed E-state index contributed by atoms with van der Waals surface area (Å²) in [6.45, 7) is -0.490. The fourth-order valence-corrected chi connectivity index (χ4v) is 5.37. The second-order valence-corrected chi connectivity index (χ2v) is 9.51. The fourth-order valence-electron chi connectivity index (χ4n) is 3.73. The van der Waals surface area contributed by atoms with Crippen LogP contribution in [-0.2, 0) is 14.8 Å². The predicted octanol–water partition coefficient (Wildman–Crippen LogP) is 4.09. The summed E-state index contributed by atoms with van der Waals surface area (Å²) in [7, 11) is 0.327. The van der Waals surface area contributed by atoms with Gasteiger partial charge in [-0.2, -0.15) is 0 Å². The van der Waals surface area contributed by atoms with Crippen molar-refractivity contribution in [2.75, 3.05) is 37.5 Å². The lowest BCUT2D eigenvalue weighted by atomic mass is 10.2. The van der Waals surface area contributed by atoms with Crippen LogP contribution in [0.5, 0.6) is 17.2 Å². The van der Waals surface area contributed by atoms with E-state index in [1.54, 1.807) is 66.9 Å². The Labute approximate surface area is 209 Å². The van der Waals surface area contributed by atoms with Crippen molar-refractivity contribution in [1.82, 2.24) is 4.98 Å². The van der Waals surface area contributed by atoms with Gasteiger partial charge in [0.25, 0.3) is 10.0 Å². The Balaban J connectivity index is 1.75. The van der Waals surface area contributed by atoms with Crippen LogP contribution in [0.15, 0.2) is 84.0 Å². The minimum absolute atomic E-state index is 0.0602. The molecule has 0 aliphatic heterocycles. The van der Waals surface area contributed by atoms with Gasteiger partial charge in [-0.1, -0.05) is 12.1 Å². The zero-order valence-electron chi connectivity index (χ0n) is 20.0. The number of fused-ring (bicyclic) bond motifs is 1. The standard InChI is InChI=1S/C26H25N3O6S/c1-33-20-9-7-19(8-10-20)29(17-26(30)28-23-15-21(34-2)11-12-24(23)35-3)36(31,32)25-6-4-5-18-16-27-14-13-22(18)25/h4-16H,17H2,1-3H3,(H,28,30). The molecule has 0 fully saturated rings. The quantitative estimate of drug-likeness (QED) is 0.364. The Morgan fingerprint density at radius 1 is 0.917 bits per heavy atom. The van der Waals surface area contributed by atoms with E-state index in [2.05, 4.69) is 10.3 Å². The zero-order valence-corrected chi connectivity index (χ0v) is 20.8. The highest BCUT2D eigenvalue weighted by molar-refractivity contribution is 7.93. The second kappa shape index (κ2) is 10.5. The Morgan fingerprint density at radius 3 is 2.33 bits per heavy atom. The molecular formula is C26H25N3O6S. The van der Waals surface area contributed by atoms with E-state index >= 15 is 0 Å². The van der Waals surface area contributed by atoms with E-state index in [4.69, 9.17) is 14.2 Å². The number of methoxy groups -OCH3 is 3. The molecule has 3 aromatic carbocycles. The van der Waals surface area contributed by atoms with Crippen LogP contribution in [-0.4, -0.2) is 47.2 Å². The first-order valence-electron chi connectivity index (χ1n) is 10.9. The molecule has 0 spiro atoms. The molecule has 186 valence electrons. The van der Waals surface area contributed by atoms with Gasteiger partial charge in [0.15, 0.2) is 0 Å². The molecule has 0 radical (unpaired) electrons. The minimum Gasteiger partial charge on any atom is -0.497 e. The van der Waals surface area contributed by atoms with Crippen LogP contribution < -0.4 is 23.8 Å². The van der Waals surface area contributed by atoms with Crippen molar-refractivity contribution in [3.63, 3.8) is 0 Å². The van der Waals surface area contributed by atoms with Gasteiger partial charge in [0.05, 0.1) is 37.6 Å². The SMILES string of the molecule is COc1ccc(N(CC(=O)Nc2cc(OC)ccc2OC)S(=O)(=O)c2cccc3cnccc23)cc1. The summed E-state index contributed by atoms with van der Waals surface area (Å²) in [5.41, 5.74) is 0.653. The first-order valence-corrected chi connectivity index (χ1v) is 12.3. The van der Waals surface area contributed by atoms with E-state index < -0.39 is 22.5 Å².